The molecule has 172 valence electrons. The Hall–Kier alpha value is -3.34. The molecule has 0 aliphatic rings. The van der Waals surface area contributed by atoms with Gasteiger partial charge in [-0.25, -0.2) is 0 Å². The zero-order valence-electron chi connectivity index (χ0n) is 18.5. The predicted octanol–water partition coefficient (Wildman–Crippen LogP) is 5.72. The van der Waals surface area contributed by atoms with Crippen molar-refractivity contribution < 1.29 is 14.5 Å². The van der Waals surface area contributed by atoms with E-state index in [1.54, 1.807) is 12.1 Å². The van der Waals surface area contributed by atoms with Gasteiger partial charge >= 0.3 is 207 Å². The van der Waals surface area contributed by atoms with Crippen LogP contribution in [0, 0.1) is 10.1 Å². The van der Waals surface area contributed by atoms with Crippen LogP contribution in [-0.2, 0) is 10.9 Å². The fraction of sp³-hybridized carbons (Fsp3) is 0.0741. The summed E-state index contributed by atoms with van der Waals surface area (Å²) in [7, 11) is 1.26. The van der Waals surface area contributed by atoms with Crippen LogP contribution in [0.2, 0.25) is 0 Å². The number of ether oxygens (including phenoxy) is 1. The second kappa shape index (κ2) is 9.49. The zero-order chi connectivity index (χ0) is 24.2. The van der Waals surface area contributed by atoms with Crippen LogP contribution in [0.3, 0.4) is 0 Å². The van der Waals surface area contributed by atoms with Crippen LogP contribution >= 0.6 is 20.8 Å². The second-order valence-corrected chi connectivity index (χ2v) is 16.9. The number of esters is 1. The average molecular weight is 536 g/mol. The van der Waals surface area contributed by atoms with Crippen molar-refractivity contribution in [2.45, 2.75) is 6.16 Å². The first-order valence-corrected chi connectivity index (χ1v) is 15.1. The summed E-state index contributed by atoms with van der Waals surface area (Å²) in [5, 5.41) is 11.9. The molecule has 5 nitrogen and oxygen atoms in total. The Morgan fingerprint density at radius 1 is 0.824 bits per heavy atom. The Labute approximate surface area is 206 Å². The zero-order valence-corrected chi connectivity index (χ0v) is 21.0. The number of nitrogens with zero attached hydrogens (tertiary/aromatic N) is 1. The molecular weight excluding hydrogens is 513 g/mol. The summed E-state index contributed by atoms with van der Waals surface area (Å²) in [5.74, 6) is -0.611. The van der Waals surface area contributed by atoms with Gasteiger partial charge in [0.15, 0.2) is 0 Å². The number of nitro groups is 1. The number of methoxy groups -OCH3 is 1. The van der Waals surface area contributed by atoms with Crippen LogP contribution in [0.4, 0.5) is 5.69 Å². The molecule has 0 fully saturated rings. The molecule has 0 heterocycles. The molecule has 0 radical (unpaired) electrons. The quantitative estimate of drug-likeness (QED) is 0.131. The van der Waals surface area contributed by atoms with E-state index in [4.69, 9.17) is 4.74 Å². The third-order valence-electron chi connectivity index (χ3n) is 6.05. The van der Waals surface area contributed by atoms with E-state index in [1.807, 2.05) is 54.6 Å². The number of carbonyl (C=O) groups excluding carboxylic acids is 1. The number of hydrogen-bond donors (Lipinski definition) is 0. The van der Waals surface area contributed by atoms with Crippen molar-refractivity contribution >= 4 is 48.4 Å². The van der Waals surface area contributed by atoms with E-state index >= 15 is 0 Å². The summed E-state index contributed by atoms with van der Waals surface area (Å²) in [5.41, 5.74) is 0.565. The summed E-state index contributed by atoms with van der Waals surface area (Å²) in [6.07, 6.45) is 0.349. The van der Waals surface area contributed by atoms with Crippen LogP contribution in [0.25, 0.3) is 0 Å². The van der Waals surface area contributed by atoms with Crippen molar-refractivity contribution in [3.8, 4) is 0 Å². The van der Waals surface area contributed by atoms with Crippen molar-refractivity contribution in [3.05, 3.63) is 130 Å². The first kappa shape index (κ1) is 23.8. The molecule has 0 spiro atoms. The molecule has 7 heteroatoms. The first-order chi connectivity index (χ1) is 16.4. The minimum absolute atomic E-state index is 0.112. The molecule has 4 rings (SSSR count). The Morgan fingerprint density at radius 2 is 1.26 bits per heavy atom. The summed E-state index contributed by atoms with van der Waals surface area (Å²) >= 11 is 4.32. The van der Waals surface area contributed by atoms with Crippen LogP contribution in [0.15, 0.2) is 109 Å². The average Bonchev–Trinajstić information content (AvgIpc) is 2.90. The van der Waals surface area contributed by atoms with Crippen molar-refractivity contribution in [2.24, 2.45) is 0 Å². The van der Waals surface area contributed by atoms with E-state index in [2.05, 4.69) is 51.9 Å². The monoisotopic (exact) mass is 535 g/mol. The Kier molecular flexibility index (Phi) is 6.65. The molecule has 0 aromatic heterocycles. The van der Waals surface area contributed by atoms with Crippen molar-refractivity contribution in [2.75, 3.05) is 7.11 Å². The molecule has 4 aromatic rings. The van der Waals surface area contributed by atoms with Gasteiger partial charge in [-0.05, 0) is 0 Å². The fourth-order valence-corrected chi connectivity index (χ4v) is 12.0. The SMILES string of the molecule is COC(=O)c1ccc(CP(Br)(c2ccccc2)(c2ccccc2)c2ccccc2)c([N+](=O)[O-])c1. The number of hydrogen-bond acceptors (Lipinski definition) is 4. The van der Waals surface area contributed by atoms with E-state index in [0.29, 0.717) is 11.7 Å². The van der Waals surface area contributed by atoms with E-state index in [0.717, 1.165) is 15.9 Å². The normalized spacial score (nSPS) is 12.4. The Balaban J connectivity index is 2.07. The molecular formula is C27H23BrNO4P. The Morgan fingerprint density at radius 3 is 1.65 bits per heavy atom. The molecule has 0 N–H and O–H groups in total. The molecule has 0 aliphatic heterocycles. The van der Waals surface area contributed by atoms with E-state index in [-0.39, 0.29) is 11.3 Å². The molecule has 4 aromatic carbocycles. The van der Waals surface area contributed by atoms with Gasteiger partial charge in [0.05, 0.1) is 0 Å². The maximum absolute atomic E-state index is 12.1. The van der Waals surface area contributed by atoms with E-state index in [1.165, 1.54) is 13.2 Å². The van der Waals surface area contributed by atoms with Crippen LogP contribution in [0.5, 0.6) is 0 Å². The van der Waals surface area contributed by atoms with Gasteiger partial charge in [0.25, 0.3) is 0 Å². The van der Waals surface area contributed by atoms with E-state index in [9.17, 15) is 14.9 Å². The first-order valence-electron chi connectivity index (χ1n) is 10.6. The minimum atomic E-state index is -3.43. The molecule has 0 unspecified atom stereocenters. The van der Waals surface area contributed by atoms with Crippen molar-refractivity contribution in [1.29, 1.82) is 0 Å². The van der Waals surface area contributed by atoms with Gasteiger partial charge in [0.2, 0.25) is 0 Å². The van der Waals surface area contributed by atoms with Gasteiger partial charge in [-0.15, -0.1) is 0 Å². The van der Waals surface area contributed by atoms with Gasteiger partial charge in [0, 0.05) is 0 Å². The predicted molar refractivity (Wildman–Crippen MR) is 142 cm³/mol. The number of nitro benzene ring substituents is 1. The standard InChI is InChI=1S/C27H23BrNO4P/c1-33-27(30)21-17-18-22(26(19-21)29(31)32)20-34(28,23-11-5-2-6-12-23,24-13-7-3-8-14-24)25-15-9-4-10-16-25/h2-19H,20H2,1H3. The number of benzene rings is 4. The molecule has 0 amide bonds. The summed E-state index contributed by atoms with van der Waals surface area (Å²) < 4.78 is 4.78. The summed E-state index contributed by atoms with van der Waals surface area (Å²) in [6.45, 7) is 0. The van der Waals surface area contributed by atoms with Gasteiger partial charge in [0.1, 0.15) is 0 Å². The topological polar surface area (TPSA) is 69.4 Å². The molecule has 34 heavy (non-hydrogen) atoms. The molecule has 0 saturated carbocycles. The Bertz CT molecular complexity index is 1230. The van der Waals surface area contributed by atoms with Gasteiger partial charge < -0.3 is 0 Å². The van der Waals surface area contributed by atoms with Crippen LogP contribution in [0.1, 0.15) is 15.9 Å². The molecule has 0 aliphatic carbocycles. The van der Waals surface area contributed by atoms with Crippen LogP contribution < -0.4 is 15.9 Å². The molecule has 0 atom stereocenters. The number of rotatable bonds is 7. The van der Waals surface area contributed by atoms with Crippen LogP contribution in [-0.4, -0.2) is 18.0 Å². The van der Waals surface area contributed by atoms with Gasteiger partial charge in [-0.1, -0.05) is 0 Å². The van der Waals surface area contributed by atoms with E-state index < -0.39 is 16.2 Å². The van der Waals surface area contributed by atoms with Crippen molar-refractivity contribution in [3.63, 3.8) is 0 Å². The third-order valence-corrected chi connectivity index (χ3v) is 15.6. The van der Waals surface area contributed by atoms with Crippen molar-refractivity contribution in [1.82, 2.24) is 0 Å². The molecule has 0 saturated heterocycles. The maximum atomic E-state index is 12.1. The fourth-order valence-electron chi connectivity index (χ4n) is 4.37. The number of carbonyl (C=O) groups is 1. The summed E-state index contributed by atoms with van der Waals surface area (Å²) in [6, 6.07) is 34.8. The van der Waals surface area contributed by atoms with Gasteiger partial charge in [-0.2, -0.15) is 0 Å². The summed E-state index contributed by atoms with van der Waals surface area (Å²) in [4.78, 5) is 23.8. The number of halogens is 1. The molecule has 0 bridgehead atoms. The second-order valence-electron chi connectivity index (χ2n) is 7.94. The van der Waals surface area contributed by atoms with Gasteiger partial charge in [-0.3, -0.25) is 0 Å². The third kappa shape index (κ3) is 4.04.